The zero-order chi connectivity index (χ0) is 20.7. The molecule has 4 heteroatoms. The number of aryl methyl sites for hydroxylation is 2. The Hall–Kier alpha value is -2.62. The molecule has 0 fully saturated rings. The van der Waals surface area contributed by atoms with Crippen molar-refractivity contribution in [2.45, 2.75) is 60.5 Å². The third-order valence-corrected chi connectivity index (χ3v) is 4.92. The van der Waals surface area contributed by atoms with Gasteiger partial charge < -0.3 is 9.47 Å². The van der Waals surface area contributed by atoms with Crippen molar-refractivity contribution in [3.63, 3.8) is 0 Å². The van der Waals surface area contributed by atoms with E-state index in [1.54, 1.807) is 0 Å². The van der Waals surface area contributed by atoms with Gasteiger partial charge in [0.25, 0.3) is 0 Å². The van der Waals surface area contributed by atoms with E-state index in [1.165, 1.54) is 12.5 Å². The molecule has 0 amide bonds. The Kier molecular flexibility index (Phi) is 7.80. The van der Waals surface area contributed by atoms with E-state index in [1.807, 2.05) is 31.2 Å². The fraction of sp³-hybridized carbons (Fsp3) is 0.417. The molecule has 0 aliphatic carbocycles. The minimum absolute atomic E-state index is 0.274. The zero-order valence-corrected chi connectivity index (χ0v) is 17.6. The van der Waals surface area contributed by atoms with Crippen LogP contribution in [0.5, 0.6) is 5.75 Å². The molecule has 0 saturated heterocycles. The van der Waals surface area contributed by atoms with E-state index in [9.17, 15) is 9.59 Å². The van der Waals surface area contributed by atoms with Crippen molar-refractivity contribution in [1.29, 1.82) is 0 Å². The minimum atomic E-state index is -0.278. The third kappa shape index (κ3) is 5.69. The maximum atomic E-state index is 11.4. The maximum Gasteiger partial charge on any atom is 0.302 e. The molecule has 0 bridgehead atoms. The normalized spacial score (nSPS) is 10.6. The highest BCUT2D eigenvalue weighted by atomic mass is 16.5. The van der Waals surface area contributed by atoms with Crippen molar-refractivity contribution in [1.82, 2.24) is 0 Å². The second-order valence-corrected chi connectivity index (χ2v) is 7.15. The van der Waals surface area contributed by atoms with Gasteiger partial charge in [0.2, 0.25) is 0 Å². The summed E-state index contributed by atoms with van der Waals surface area (Å²) in [4.78, 5) is 22.5. The summed E-state index contributed by atoms with van der Waals surface area (Å²) in [6.45, 7) is 10.3. The number of ether oxygens (including phenoxy) is 2. The number of benzene rings is 2. The summed E-state index contributed by atoms with van der Waals surface area (Å²) in [5.74, 6) is 0.825. The molecule has 0 atom stereocenters. The summed E-state index contributed by atoms with van der Waals surface area (Å²) in [7, 11) is 0. The standard InChI is InChI=1S/C24H30O4/c1-6-21(26)10-8-12-27-22-13-16(2)24(17(3)14-22)23-11-7-9-20(18(23)4)15-28-19(5)25/h7,9,11,13-14H,6,8,10,12,15H2,1-5H3. The highest BCUT2D eigenvalue weighted by Crippen LogP contribution is 2.34. The van der Waals surface area contributed by atoms with Gasteiger partial charge in [-0.2, -0.15) is 0 Å². The first-order chi connectivity index (χ1) is 13.3. The van der Waals surface area contributed by atoms with Crippen molar-refractivity contribution in [2.24, 2.45) is 0 Å². The SMILES string of the molecule is CCC(=O)CCCOc1cc(C)c(-c2cccc(COC(C)=O)c2C)c(C)c1. The summed E-state index contributed by atoms with van der Waals surface area (Å²) in [5.41, 5.74) is 6.70. The Morgan fingerprint density at radius 3 is 2.32 bits per heavy atom. The van der Waals surface area contributed by atoms with E-state index in [-0.39, 0.29) is 18.4 Å². The number of hydrogen-bond acceptors (Lipinski definition) is 4. The van der Waals surface area contributed by atoms with Gasteiger partial charge in [0.15, 0.2) is 0 Å². The van der Waals surface area contributed by atoms with E-state index >= 15 is 0 Å². The monoisotopic (exact) mass is 382 g/mol. The van der Waals surface area contributed by atoms with E-state index in [0.29, 0.717) is 19.4 Å². The van der Waals surface area contributed by atoms with Gasteiger partial charge in [-0.1, -0.05) is 25.1 Å². The van der Waals surface area contributed by atoms with Gasteiger partial charge in [0, 0.05) is 19.8 Å². The molecule has 0 unspecified atom stereocenters. The van der Waals surface area contributed by atoms with Gasteiger partial charge in [0.1, 0.15) is 18.1 Å². The van der Waals surface area contributed by atoms with Crippen LogP contribution in [0.1, 0.15) is 55.4 Å². The lowest BCUT2D eigenvalue weighted by atomic mass is 9.90. The topological polar surface area (TPSA) is 52.6 Å². The van der Waals surface area contributed by atoms with Gasteiger partial charge in [-0.3, -0.25) is 9.59 Å². The molecule has 0 aliphatic heterocycles. The molecule has 0 heterocycles. The van der Waals surface area contributed by atoms with E-state index in [0.717, 1.165) is 40.0 Å². The number of rotatable bonds is 9. The molecule has 0 N–H and O–H groups in total. The van der Waals surface area contributed by atoms with Crippen LogP contribution in [0.15, 0.2) is 30.3 Å². The van der Waals surface area contributed by atoms with Crippen molar-refractivity contribution in [3.05, 3.63) is 52.6 Å². The van der Waals surface area contributed by atoms with Crippen LogP contribution in [-0.2, 0) is 20.9 Å². The molecule has 2 rings (SSSR count). The predicted molar refractivity (Wildman–Crippen MR) is 112 cm³/mol. The van der Waals surface area contributed by atoms with Crippen molar-refractivity contribution in [2.75, 3.05) is 6.61 Å². The van der Waals surface area contributed by atoms with Crippen molar-refractivity contribution < 1.29 is 19.1 Å². The average Bonchev–Trinajstić information content (AvgIpc) is 2.64. The van der Waals surface area contributed by atoms with E-state index in [2.05, 4.69) is 26.8 Å². The molecule has 28 heavy (non-hydrogen) atoms. The summed E-state index contributed by atoms with van der Waals surface area (Å²) < 4.78 is 11.0. The Balaban J connectivity index is 2.20. The Morgan fingerprint density at radius 2 is 1.71 bits per heavy atom. The lowest BCUT2D eigenvalue weighted by Crippen LogP contribution is -2.04. The van der Waals surface area contributed by atoms with Gasteiger partial charge in [-0.15, -0.1) is 0 Å². The van der Waals surface area contributed by atoms with Gasteiger partial charge in [0.05, 0.1) is 6.61 Å². The number of hydrogen-bond donors (Lipinski definition) is 0. The molecule has 150 valence electrons. The molecular formula is C24H30O4. The second-order valence-electron chi connectivity index (χ2n) is 7.15. The van der Waals surface area contributed by atoms with Crippen LogP contribution >= 0.6 is 0 Å². The number of carbonyl (C=O) groups excluding carboxylic acids is 2. The van der Waals surface area contributed by atoms with Crippen LogP contribution in [0.4, 0.5) is 0 Å². The fourth-order valence-corrected chi connectivity index (χ4v) is 3.36. The first-order valence-corrected chi connectivity index (χ1v) is 9.81. The molecule has 0 aromatic heterocycles. The summed E-state index contributed by atoms with van der Waals surface area (Å²) in [5, 5.41) is 0. The molecule has 0 spiro atoms. The summed E-state index contributed by atoms with van der Waals surface area (Å²) in [6.07, 6.45) is 1.90. The van der Waals surface area contributed by atoms with Crippen LogP contribution < -0.4 is 4.74 Å². The quantitative estimate of drug-likeness (QED) is 0.426. The lowest BCUT2D eigenvalue weighted by molar-refractivity contribution is -0.142. The van der Waals surface area contributed by atoms with Gasteiger partial charge >= 0.3 is 5.97 Å². The van der Waals surface area contributed by atoms with E-state index < -0.39 is 0 Å². The average molecular weight is 383 g/mol. The van der Waals surface area contributed by atoms with Gasteiger partial charge in [-0.05, 0) is 72.7 Å². The fourth-order valence-electron chi connectivity index (χ4n) is 3.36. The Labute approximate surface area is 167 Å². The highest BCUT2D eigenvalue weighted by molar-refractivity contribution is 5.78. The number of ketones is 1. The minimum Gasteiger partial charge on any atom is -0.494 e. The number of esters is 1. The summed E-state index contributed by atoms with van der Waals surface area (Å²) >= 11 is 0. The van der Waals surface area contributed by atoms with Crippen LogP contribution in [0.3, 0.4) is 0 Å². The first kappa shape index (κ1) is 21.7. The predicted octanol–water partition coefficient (Wildman–Crippen LogP) is 5.48. The molecule has 0 radical (unpaired) electrons. The van der Waals surface area contributed by atoms with Crippen molar-refractivity contribution >= 4 is 11.8 Å². The van der Waals surface area contributed by atoms with Crippen LogP contribution in [0.25, 0.3) is 11.1 Å². The van der Waals surface area contributed by atoms with Gasteiger partial charge in [-0.25, -0.2) is 0 Å². The molecule has 2 aromatic rings. The van der Waals surface area contributed by atoms with E-state index in [4.69, 9.17) is 9.47 Å². The molecule has 2 aromatic carbocycles. The van der Waals surface area contributed by atoms with Crippen LogP contribution in [0, 0.1) is 20.8 Å². The third-order valence-electron chi connectivity index (χ3n) is 4.92. The number of carbonyl (C=O) groups is 2. The summed E-state index contributed by atoms with van der Waals surface area (Å²) in [6, 6.07) is 10.2. The van der Waals surface area contributed by atoms with Crippen LogP contribution in [-0.4, -0.2) is 18.4 Å². The largest absolute Gasteiger partial charge is 0.494 e. The smallest absolute Gasteiger partial charge is 0.302 e. The molecule has 4 nitrogen and oxygen atoms in total. The second kappa shape index (κ2) is 10.1. The number of Topliss-reactive ketones (excluding diaryl/α,β-unsaturated/α-hetero) is 1. The van der Waals surface area contributed by atoms with Crippen molar-refractivity contribution in [3.8, 4) is 16.9 Å². The Morgan fingerprint density at radius 1 is 1.04 bits per heavy atom. The molecule has 0 aliphatic rings. The molecular weight excluding hydrogens is 352 g/mol. The van der Waals surface area contributed by atoms with Crippen LogP contribution in [0.2, 0.25) is 0 Å². The zero-order valence-electron chi connectivity index (χ0n) is 17.6. The highest BCUT2D eigenvalue weighted by Gasteiger charge is 2.13. The maximum absolute atomic E-state index is 11.4. The first-order valence-electron chi connectivity index (χ1n) is 9.81. The Bertz CT molecular complexity index is 829. The lowest BCUT2D eigenvalue weighted by Gasteiger charge is -2.17. The molecule has 0 saturated carbocycles.